The third-order valence-electron chi connectivity index (χ3n) is 4.35. The molecule has 1 amide bonds. The number of amides is 1. The number of aryl methyl sites for hydroxylation is 2. The summed E-state index contributed by atoms with van der Waals surface area (Å²) >= 11 is 0. The van der Waals surface area contributed by atoms with Crippen LogP contribution < -0.4 is 14.8 Å². The van der Waals surface area contributed by atoms with Crippen molar-refractivity contribution in [2.45, 2.75) is 31.7 Å². The molecule has 2 aromatic rings. The number of carbonyl (C=O) groups is 1. The SMILES string of the molecule is Cc1ccc(OCCNC(=O)[C@H](C)N=C2NS(=O)(=O)c3ccccc32)c(C)c1. The molecule has 148 valence electrons. The largest absolute Gasteiger partial charge is 0.491 e. The molecule has 0 radical (unpaired) electrons. The van der Waals surface area contributed by atoms with Crippen LogP contribution >= 0.6 is 0 Å². The van der Waals surface area contributed by atoms with Crippen molar-refractivity contribution in [2.75, 3.05) is 13.2 Å². The highest BCUT2D eigenvalue weighted by molar-refractivity contribution is 7.90. The van der Waals surface area contributed by atoms with Gasteiger partial charge in [-0.3, -0.25) is 14.5 Å². The molecule has 0 unspecified atom stereocenters. The number of rotatable bonds is 6. The Hall–Kier alpha value is -2.87. The van der Waals surface area contributed by atoms with Gasteiger partial charge in [-0.15, -0.1) is 0 Å². The number of amidine groups is 1. The van der Waals surface area contributed by atoms with Crippen molar-refractivity contribution in [3.05, 3.63) is 59.2 Å². The number of aliphatic imine (C=N–C) groups is 1. The van der Waals surface area contributed by atoms with Crippen LogP contribution in [0.3, 0.4) is 0 Å². The lowest BCUT2D eigenvalue weighted by Crippen LogP contribution is -2.36. The van der Waals surface area contributed by atoms with Crippen LogP contribution in [-0.2, 0) is 14.8 Å². The van der Waals surface area contributed by atoms with Crippen molar-refractivity contribution >= 4 is 21.8 Å². The van der Waals surface area contributed by atoms with Gasteiger partial charge in [0, 0.05) is 5.56 Å². The highest BCUT2D eigenvalue weighted by Crippen LogP contribution is 2.22. The summed E-state index contributed by atoms with van der Waals surface area (Å²) in [7, 11) is -3.62. The first kappa shape index (κ1) is 19.9. The number of carbonyl (C=O) groups excluding carboxylic acids is 1. The van der Waals surface area contributed by atoms with Crippen molar-refractivity contribution < 1.29 is 17.9 Å². The van der Waals surface area contributed by atoms with E-state index in [2.05, 4.69) is 15.0 Å². The molecule has 0 spiro atoms. The van der Waals surface area contributed by atoms with E-state index in [1.165, 1.54) is 6.07 Å². The molecule has 1 heterocycles. The normalized spacial score (nSPS) is 16.9. The Kier molecular flexibility index (Phi) is 5.69. The molecule has 0 aromatic heterocycles. The van der Waals surface area contributed by atoms with Crippen LogP contribution in [-0.4, -0.2) is 39.4 Å². The zero-order valence-electron chi connectivity index (χ0n) is 16.0. The minimum atomic E-state index is -3.62. The van der Waals surface area contributed by atoms with E-state index in [0.717, 1.165) is 16.9 Å². The molecule has 0 bridgehead atoms. The number of nitrogens with one attached hydrogen (secondary N) is 2. The Labute approximate surface area is 164 Å². The second-order valence-corrected chi connectivity index (χ2v) is 8.31. The van der Waals surface area contributed by atoms with E-state index in [9.17, 15) is 13.2 Å². The summed E-state index contributed by atoms with van der Waals surface area (Å²) in [6.45, 7) is 6.25. The molecule has 0 saturated carbocycles. The van der Waals surface area contributed by atoms with Gasteiger partial charge in [0.05, 0.1) is 11.4 Å². The molecule has 0 saturated heterocycles. The standard InChI is InChI=1S/C20H23N3O4S/c1-13-8-9-17(14(2)12-13)27-11-10-21-20(24)15(3)22-19-16-6-4-5-7-18(16)28(25,26)23-19/h4-9,12,15H,10-11H2,1-3H3,(H,21,24)(H,22,23)/t15-/m0/s1. The molecular weight excluding hydrogens is 378 g/mol. The molecule has 1 atom stereocenters. The van der Waals surface area contributed by atoms with Crippen LogP contribution in [0, 0.1) is 13.8 Å². The van der Waals surface area contributed by atoms with Gasteiger partial charge >= 0.3 is 0 Å². The van der Waals surface area contributed by atoms with Gasteiger partial charge in [-0.2, -0.15) is 0 Å². The number of ether oxygens (including phenoxy) is 1. The molecule has 0 fully saturated rings. The summed E-state index contributed by atoms with van der Waals surface area (Å²) in [6, 6.07) is 11.7. The Bertz CT molecular complexity index is 1030. The molecule has 2 aromatic carbocycles. The van der Waals surface area contributed by atoms with Crippen LogP contribution in [0.25, 0.3) is 0 Å². The maximum atomic E-state index is 12.3. The fourth-order valence-electron chi connectivity index (χ4n) is 2.93. The topological polar surface area (TPSA) is 96.9 Å². The van der Waals surface area contributed by atoms with Crippen molar-refractivity contribution in [1.29, 1.82) is 0 Å². The van der Waals surface area contributed by atoms with E-state index in [1.54, 1.807) is 25.1 Å². The highest BCUT2D eigenvalue weighted by atomic mass is 32.2. The van der Waals surface area contributed by atoms with E-state index in [0.29, 0.717) is 18.7 Å². The summed E-state index contributed by atoms with van der Waals surface area (Å²) in [5.74, 6) is 0.662. The van der Waals surface area contributed by atoms with Crippen molar-refractivity contribution in [1.82, 2.24) is 10.0 Å². The number of hydrogen-bond donors (Lipinski definition) is 2. The van der Waals surface area contributed by atoms with Crippen LogP contribution in [0.2, 0.25) is 0 Å². The second-order valence-electron chi connectivity index (χ2n) is 6.66. The first-order valence-corrected chi connectivity index (χ1v) is 10.4. The molecule has 7 nitrogen and oxygen atoms in total. The summed E-state index contributed by atoms with van der Waals surface area (Å²) in [4.78, 5) is 16.7. The van der Waals surface area contributed by atoms with Crippen molar-refractivity contribution in [3.8, 4) is 5.75 Å². The predicted octanol–water partition coefficient (Wildman–Crippen LogP) is 1.93. The summed E-state index contributed by atoms with van der Waals surface area (Å²) in [5, 5.41) is 2.75. The van der Waals surface area contributed by atoms with Crippen LogP contribution in [0.15, 0.2) is 52.4 Å². The molecule has 1 aliphatic heterocycles. The minimum absolute atomic E-state index is 0.170. The number of nitrogens with zero attached hydrogens (tertiary/aromatic N) is 1. The van der Waals surface area contributed by atoms with E-state index >= 15 is 0 Å². The monoisotopic (exact) mass is 401 g/mol. The maximum absolute atomic E-state index is 12.3. The van der Waals surface area contributed by atoms with Gasteiger partial charge in [0.2, 0.25) is 5.91 Å². The van der Waals surface area contributed by atoms with Gasteiger partial charge in [0.25, 0.3) is 10.0 Å². The third kappa shape index (κ3) is 4.33. The first-order chi connectivity index (χ1) is 13.3. The zero-order valence-corrected chi connectivity index (χ0v) is 16.8. The maximum Gasteiger partial charge on any atom is 0.263 e. The summed E-state index contributed by atoms with van der Waals surface area (Å²) in [6.07, 6.45) is 0. The van der Waals surface area contributed by atoms with Gasteiger partial charge in [-0.25, -0.2) is 8.42 Å². The smallest absolute Gasteiger partial charge is 0.263 e. The molecule has 3 rings (SSSR count). The quantitative estimate of drug-likeness (QED) is 0.723. The van der Waals surface area contributed by atoms with E-state index in [-0.39, 0.29) is 16.6 Å². The zero-order chi connectivity index (χ0) is 20.3. The van der Waals surface area contributed by atoms with E-state index in [1.807, 2.05) is 32.0 Å². The van der Waals surface area contributed by atoms with Gasteiger partial charge < -0.3 is 10.1 Å². The Morgan fingerprint density at radius 2 is 1.96 bits per heavy atom. The Morgan fingerprint density at radius 1 is 1.21 bits per heavy atom. The fraction of sp³-hybridized carbons (Fsp3) is 0.300. The molecule has 2 N–H and O–H groups in total. The summed E-state index contributed by atoms with van der Waals surface area (Å²) in [5.41, 5.74) is 2.67. The van der Waals surface area contributed by atoms with Crippen molar-refractivity contribution in [3.63, 3.8) is 0 Å². The Morgan fingerprint density at radius 3 is 2.71 bits per heavy atom. The van der Waals surface area contributed by atoms with Crippen LogP contribution in [0.4, 0.5) is 0 Å². The van der Waals surface area contributed by atoms with Crippen molar-refractivity contribution in [2.24, 2.45) is 4.99 Å². The molecule has 0 aliphatic carbocycles. The van der Waals surface area contributed by atoms with Gasteiger partial charge in [0.1, 0.15) is 24.2 Å². The number of hydrogen-bond acceptors (Lipinski definition) is 5. The number of fused-ring (bicyclic) bond motifs is 1. The molecule has 28 heavy (non-hydrogen) atoms. The third-order valence-corrected chi connectivity index (χ3v) is 5.75. The molecule has 8 heteroatoms. The fourth-order valence-corrected chi connectivity index (χ4v) is 4.17. The lowest BCUT2D eigenvalue weighted by molar-refractivity contribution is -0.122. The number of benzene rings is 2. The van der Waals surface area contributed by atoms with E-state index in [4.69, 9.17) is 4.74 Å². The highest BCUT2D eigenvalue weighted by Gasteiger charge is 2.31. The predicted molar refractivity (Wildman–Crippen MR) is 107 cm³/mol. The average Bonchev–Trinajstić information content (AvgIpc) is 2.90. The number of sulfonamides is 1. The second kappa shape index (κ2) is 8.02. The van der Waals surface area contributed by atoms with Gasteiger partial charge in [0.15, 0.2) is 0 Å². The summed E-state index contributed by atoms with van der Waals surface area (Å²) < 4.78 is 32.3. The first-order valence-electron chi connectivity index (χ1n) is 8.96. The van der Waals surface area contributed by atoms with Crippen LogP contribution in [0.1, 0.15) is 23.6 Å². The Balaban J connectivity index is 1.56. The van der Waals surface area contributed by atoms with Gasteiger partial charge in [-0.05, 0) is 44.5 Å². The van der Waals surface area contributed by atoms with Crippen LogP contribution in [0.5, 0.6) is 5.75 Å². The average molecular weight is 401 g/mol. The molecular formula is C20H23N3O4S. The minimum Gasteiger partial charge on any atom is -0.491 e. The van der Waals surface area contributed by atoms with E-state index < -0.39 is 16.1 Å². The lowest BCUT2D eigenvalue weighted by atomic mass is 10.1. The molecule has 1 aliphatic rings. The lowest BCUT2D eigenvalue weighted by Gasteiger charge is -2.12. The van der Waals surface area contributed by atoms with Gasteiger partial charge in [-0.1, -0.05) is 29.8 Å².